The van der Waals surface area contributed by atoms with Crippen LogP contribution < -0.4 is 10.6 Å². The fourth-order valence-electron chi connectivity index (χ4n) is 5.10. The zero-order valence-electron chi connectivity index (χ0n) is 20.4. The molecule has 0 saturated carbocycles. The number of hydrogen-bond donors (Lipinski definition) is 2. The number of halogens is 4. The lowest BCUT2D eigenvalue weighted by Crippen LogP contribution is -2.35. The molecule has 1 aliphatic carbocycles. The van der Waals surface area contributed by atoms with Crippen molar-refractivity contribution in [1.82, 2.24) is 9.78 Å². The molecule has 196 valence electrons. The number of thiophene rings is 2. The molecule has 3 atom stereocenters. The van der Waals surface area contributed by atoms with Crippen LogP contribution in [0.15, 0.2) is 22.0 Å². The summed E-state index contributed by atoms with van der Waals surface area (Å²) in [4.78, 5) is 15.2. The third-order valence-corrected chi connectivity index (χ3v) is 10.1. The van der Waals surface area contributed by atoms with Crippen LogP contribution in [0.25, 0.3) is 0 Å². The smallest absolute Gasteiger partial charge is 0.362 e. The SMILES string of the molecule is CC(C)(C)[C@@H]1CCc2c(sc(NC(=O)c3nn4c(c3Br)N[C@@H](c3cccs3)C[C@H]4C(F)(F)F)c2C#N)C1. The molecule has 5 rings (SSSR count). The van der Waals surface area contributed by atoms with Gasteiger partial charge in [0.2, 0.25) is 0 Å². The first-order chi connectivity index (χ1) is 17.4. The Kier molecular flexibility index (Phi) is 6.69. The largest absolute Gasteiger partial charge is 0.410 e. The highest BCUT2D eigenvalue weighted by Crippen LogP contribution is 2.48. The van der Waals surface area contributed by atoms with Gasteiger partial charge >= 0.3 is 6.18 Å². The van der Waals surface area contributed by atoms with E-state index >= 15 is 0 Å². The van der Waals surface area contributed by atoms with E-state index in [-0.39, 0.29) is 27.8 Å². The quantitative estimate of drug-likeness (QED) is 0.318. The molecule has 0 spiro atoms. The van der Waals surface area contributed by atoms with E-state index in [2.05, 4.69) is 58.5 Å². The Bertz CT molecular complexity index is 1380. The predicted molar refractivity (Wildman–Crippen MR) is 142 cm³/mol. The van der Waals surface area contributed by atoms with Crippen LogP contribution in [0, 0.1) is 22.7 Å². The van der Waals surface area contributed by atoms with E-state index in [1.165, 1.54) is 22.7 Å². The Morgan fingerprint density at radius 1 is 1.35 bits per heavy atom. The second-order valence-electron chi connectivity index (χ2n) is 10.5. The molecule has 0 aromatic carbocycles. The van der Waals surface area contributed by atoms with Crippen molar-refractivity contribution in [3.8, 4) is 6.07 Å². The van der Waals surface area contributed by atoms with Crippen molar-refractivity contribution in [2.24, 2.45) is 11.3 Å². The lowest BCUT2D eigenvalue weighted by Gasteiger charge is -2.33. The van der Waals surface area contributed by atoms with Crippen molar-refractivity contribution in [2.75, 3.05) is 10.6 Å². The van der Waals surface area contributed by atoms with Crippen LogP contribution in [0.3, 0.4) is 0 Å². The summed E-state index contributed by atoms with van der Waals surface area (Å²) in [6, 6.07) is 3.36. The average molecular weight is 613 g/mol. The van der Waals surface area contributed by atoms with Gasteiger partial charge in [0.15, 0.2) is 11.7 Å². The Labute approximate surface area is 229 Å². The molecule has 4 heterocycles. The standard InChI is InChI=1S/C25H25BrF3N5OS2/c1-24(2,3)12-6-7-13-14(11-30)23(37-17(13)9-12)32-22(35)20-19(26)21-31-15(16-5-4-8-36-16)10-18(25(27,28)29)34(21)33-20/h4-5,8,12,15,18,31H,6-7,9-10H2,1-3H3,(H,32,35)/t12-,15-,18+/m1/s1. The summed E-state index contributed by atoms with van der Waals surface area (Å²) >= 11 is 6.07. The number of carbonyl (C=O) groups is 1. The molecular weight excluding hydrogens is 587 g/mol. The highest BCUT2D eigenvalue weighted by Gasteiger charge is 2.48. The number of nitrogens with zero attached hydrogens (tertiary/aromatic N) is 3. The van der Waals surface area contributed by atoms with Gasteiger partial charge in [0, 0.05) is 16.2 Å². The normalized spacial score (nSPS) is 21.5. The molecule has 0 bridgehead atoms. The molecule has 3 aromatic rings. The Morgan fingerprint density at radius 2 is 2.11 bits per heavy atom. The first kappa shape index (κ1) is 26.3. The molecule has 2 N–H and O–H groups in total. The molecule has 3 aromatic heterocycles. The van der Waals surface area contributed by atoms with E-state index in [0.29, 0.717) is 16.5 Å². The van der Waals surface area contributed by atoms with Crippen LogP contribution in [-0.4, -0.2) is 21.9 Å². The van der Waals surface area contributed by atoms with Gasteiger partial charge in [-0.25, -0.2) is 4.68 Å². The zero-order valence-corrected chi connectivity index (χ0v) is 23.6. The number of carbonyl (C=O) groups excluding carboxylic acids is 1. The first-order valence-electron chi connectivity index (χ1n) is 11.9. The van der Waals surface area contributed by atoms with E-state index < -0.39 is 24.2 Å². The van der Waals surface area contributed by atoms with Gasteiger partial charge in [0.25, 0.3) is 5.91 Å². The minimum absolute atomic E-state index is 0.108. The van der Waals surface area contributed by atoms with Gasteiger partial charge in [-0.2, -0.15) is 23.5 Å². The molecule has 2 aliphatic rings. The molecule has 12 heteroatoms. The van der Waals surface area contributed by atoms with Crippen molar-refractivity contribution in [3.05, 3.63) is 48.6 Å². The van der Waals surface area contributed by atoms with Crippen molar-refractivity contribution < 1.29 is 18.0 Å². The maximum atomic E-state index is 14.0. The van der Waals surface area contributed by atoms with Crippen LogP contribution >= 0.6 is 38.6 Å². The topological polar surface area (TPSA) is 82.7 Å². The van der Waals surface area contributed by atoms with Crippen molar-refractivity contribution >= 4 is 55.3 Å². The summed E-state index contributed by atoms with van der Waals surface area (Å²) in [5.41, 5.74) is 1.36. The second-order valence-corrected chi connectivity index (χ2v) is 13.4. The number of amides is 1. The number of nitriles is 1. The van der Waals surface area contributed by atoms with Gasteiger partial charge in [-0.1, -0.05) is 26.8 Å². The van der Waals surface area contributed by atoms with E-state index in [4.69, 9.17) is 0 Å². The van der Waals surface area contributed by atoms with Gasteiger partial charge < -0.3 is 10.6 Å². The number of aromatic nitrogens is 2. The number of rotatable bonds is 3. The van der Waals surface area contributed by atoms with E-state index in [1.54, 1.807) is 12.1 Å². The Morgan fingerprint density at radius 3 is 2.73 bits per heavy atom. The Hall–Kier alpha value is -2.36. The van der Waals surface area contributed by atoms with E-state index in [0.717, 1.165) is 39.3 Å². The summed E-state index contributed by atoms with van der Waals surface area (Å²) in [5.74, 6) is -0.0906. The number of fused-ring (bicyclic) bond motifs is 2. The molecule has 1 amide bonds. The summed E-state index contributed by atoms with van der Waals surface area (Å²) in [6.07, 6.45) is -2.23. The molecule has 1 aliphatic heterocycles. The van der Waals surface area contributed by atoms with Crippen LogP contribution in [0.2, 0.25) is 0 Å². The predicted octanol–water partition coefficient (Wildman–Crippen LogP) is 7.70. The molecular formula is C25H25BrF3N5OS2. The van der Waals surface area contributed by atoms with Gasteiger partial charge in [0.05, 0.1) is 16.1 Å². The maximum Gasteiger partial charge on any atom is 0.410 e. The summed E-state index contributed by atoms with van der Waals surface area (Å²) < 4.78 is 43.1. The second kappa shape index (κ2) is 9.43. The highest BCUT2D eigenvalue weighted by molar-refractivity contribution is 9.10. The Balaban J connectivity index is 1.46. The minimum Gasteiger partial charge on any atom is -0.362 e. The van der Waals surface area contributed by atoms with Crippen LogP contribution in [0.1, 0.15) is 77.1 Å². The lowest BCUT2D eigenvalue weighted by atomic mass is 9.72. The molecule has 0 saturated heterocycles. The first-order valence-corrected chi connectivity index (χ1v) is 14.4. The summed E-state index contributed by atoms with van der Waals surface area (Å²) in [6.45, 7) is 6.61. The third kappa shape index (κ3) is 4.81. The van der Waals surface area contributed by atoms with Gasteiger partial charge in [-0.05, 0) is 63.5 Å². The average Bonchev–Trinajstić information content (AvgIpc) is 3.54. The van der Waals surface area contributed by atoms with Crippen molar-refractivity contribution in [2.45, 2.75) is 64.7 Å². The third-order valence-electron chi connectivity index (χ3n) is 7.23. The van der Waals surface area contributed by atoms with Crippen molar-refractivity contribution in [1.29, 1.82) is 5.26 Å². The fourth-order valence-corrected chi connectivity index (χ4v) is 7.72. The highest BCUT2D eigenvalue weighted by atomic mass is 79.9. The number of alkyl halides is 3. The van der Waals surface area contributed by atoms with Crippen LogP contribution in [0.5, 0.6) is 0 Å². The maximum absolute atomic E-state index is 14.0. The van der Waals surface area contributed by atoms with Crippen molar-refractivity contribution in [3.63, 3.8) is 0 Å². The molecule has 0 radical (unpaired) electrons. The van der Waals surface area contributed by atoms with Gasteiger partial charge in [-0.3, -0.25) is 4.79 Å². The monoisotopic (exact) mass is 611 g/mol. The number of anilines is 2. The lowest BCUT2D eigenvalue weighted by molar-refractivity contribution is -0.173. The van der Waals surface area contributed by atoms with Gasteiger partial charge in [-0.15, -0.1) is 22.7 Å². The molecule has 0 fully saturated rings. The van der Waals surface area contributed by atoms with Crippen LogP contribution in [-0.2, 0) is 12.8 Å². The minimum atomic E-state index is -4.55. The molecule has 0 unspecified atom stereocenters. The zero-order chi connectivity index (χ0) is 26.7. The number of hydrogen-bond acceptors (Lipinski definition) is 6. The van der Waals surface area contributed by atoms with Gasteiger partial charge in [0.1, 0.15) is 16.9 Å². The molecule has 37 heavy (non-hydrogen) atoms. The summed E-state index contributed by atoms with van der Waals surface area (Å²) in [5, 5.41) is 22.1. The fraction of sp³-hybridized carbons (Fsp3) is 0.480. The number of nitrogens with one attached hydrogen (secondary N) is 2. The summed E-state index contributed by atoms with van der Waals surface area (Å²) in [7, 11) is 0. The molecule has 6 nitrogen and oxygen atoms in total. The van der Waals surface area contributed by atoms with E-state index in [1.807, 2.05) is 5.38 Å². The van der Waals surface area contributed by atoms with Crippen LogP contribution in [0.4, 0.5) is 24.0 Å². The van der Waals surface area contributed by atoms with E-state index in [9.17, 15) is 23.2 Å².